The van der Waals surface area contributed by atoms with Crippen LogP contribution in [-0.2, 0) is 4.79 Å². The number of hydrogen-bond acceptors (Lipinski definition) is 3. The number of piperazine rings is 1. The lowest BCUT2D eigenvalue weighted by molar-refractivity contribution is -0.146. The van der Waals surface area contributed by atoms with Crippen LogP contribution in [0.5, 0.6) is 0 Å². The van der Waals surface area contributed by atoms with Crippen LogP contribution in [0, 0.1) is 11.3 Å². The van der Waals surface area contributed by atoms with Crippen LogP contribution in [-0.4, -0.2) is 60.9 Å². The topological polar surface area (TPSA) is 52.7 Å². The molecule has 2 aliphatic heterocycles. The summed E-state index contributed by atoms with van der Waals surface area (Å²) in [5, 5.41) is 4.02. The second-order valence-corrected chi connectivity index (χ2v) is 8.26. The van der Waals surface area contributed by atoms with Gasteiger partial charge in [0.15, 0.2) is 0 Å². The average Bonchev–Trinajstić information content (AvgIpc) is 3.12. The highest BCUT2D eigenvalue weighted by atomic mass is 35.5. The van der Waals surface area contributed by atoms with Crippen molar-refractivity contribution in [2.75, 3.05) is 39.3 Å². The first-order valence-electron chi connectivity index (χ1n) is 9.65. The van der Waals surface area contributed by atoms with Gasteiger partial charge in [0.2, 0.25) is 5.91 Å². The quantitative estimate of drug-likeness (QED) is 0.813. The maximum atomic E-state index is 13.3. The number of amides is 2. The van der Waals surface area contributed by atoms with E-state index < -0.39 is 0 Å². The number of benzene rings is 1. The molecule has 1 aromatic carbocycles. The van der Waals surface area contributed by atoms with E-state index in [4.69, 9.17) is 11.6 Å². The summed E-state index contributed by atoms with van der Waals surface area (Å²) in [5.74, 6) is 0.785. The van der Waals surface area contributed by atoms with Crippen molar-refractivity contribution in [1.82, 2.24) is 15.1 Å². The van der Waals surface area contributed by atoms with Crippen LogP contribution in [0.15, 0.2) is 24.3 Å². The fraction of sp³-hybridized carbons (Fsp3) is 0.600. The Morgan fingerprint density at radius 1 is 1.11 bits per heavy atom. The third kappa shape index (κ3) is 3.82. The van der Waals surface area contributed by atoms with Crippen molar-refractivity contribution < 1.29 is 9.59 Å². The van der Waals surface area contributed by atoms with Gasteiger partial charge in [0.1, 0.15) is 0 Å². The van der Waals surface area contributed by atoms with Gasteiger partial charge in [-0.3, -0.25) is 9.59 Å². The standard InChI is InChI=1S/C20H26ClN3O2.ClH/c21-17-6-3-4-15(12-17)18(25)23-8-10-24(11-9-23)19(26)20-7-2-1-5-16(20)13-22-14-20;/h3-4,6,12,16,22H,1-2,5,7-11,13-14H2;1H/t16-,20+;/m0./s1. The van der Waals surface area contributed by atoms with Crippen LogP contribution in [0.3, 0.4) is 0 Å². The van der Waals surface area contributed by atoms with Gasteiger partial charge in [-0.25, -0.2) is 0 Å². The number of hydrogen-bond donors (Lipinski definition) is 1. The number of nitrogens with zero attached hydrogens (tertiary/aromatic N) is 2. The Morgan fingerprint density at radius 2 is 1.85 bits per heavy atom. The largest absolute Gasteiger partial charge is 0.339 e. The normalized spacial score (nSPS) is 27.7. The molecule has 2 atom stereocenters. The Hall–Kier alpha value is -1.30. The average molecular weight is 412 g/mol. The SMILES string of the molecule is Cl.O=C(c1cccc(Cl)c1)N1CCN(C(=O)[C@@]23CCCC[C@H]2CNC3)CC1. The predicted octanol–water partition coefficient (Wildman–Crippen LogP) is 2.83. The highest BCUT2D eigenvalue weighted by Crippen LogP contribution is 2.45. The fourth-order valence-electron chi connectivity index (χ4n) is 4.90. The van der Waals surface area contributed by atoms with Gasteiger partial charge in [-0.2, -0.15) is 0 Å². The molecule has 5 nitrogen and oxygen atoms in total. The second-order valence-electron chi connectivity index (χ2n) is 7.82. The monoisotopic (exact) mass is 411 g/mol. The Labute approximate surface area is 171 Å². The maximum Gasteiger partial charge on any atom is 0.254 e. The van der Waals surface area contributed by atoms with Gasteiger partial charge in [0.05, 0.1) is 5.41 Å². The lowest BCUT2D eigenvalue weighted by Crippen LogP contribution is -2.56. The first-order chi connectivity index (χ1) is 12.6. The van der Waals surface area contributed by atoms with Crippen molar-refractivity contribution in [3.8, 4) is 0 Å². The minimum Gasteiger partial charge on any atom is -0.339 e. The molecule has 0 unspecified atom stereocenters. The van der Waals surface area contributed by atoms with Gasteiger partial charge in [-0.15, -0.1) is 12.4 Å². The molecule has 7 heteroatoms. The van der Waals surface area contributed by atoms with E-state index in [2.05, 4.69) is 5.32 Å². The first kappa shape index (κ1) is 20.4. The Morgan fingerprint density at radius 3 is 2.59 bits per heavy atom. The summed E-state index contributed by atoms with van der Waals surface area (Å²) in [6, 6.07) is 7.06. The molecule has 2 saturated heterocycles. The Balaban J connectivity index is 0.00000210. The summed E-state index contributed by atoms with van der Waals surface area (Å²) in [7, 11) is 0. The van der Waals surface area contributed by atoms with Gasteiger partial charge in [-0.1, -0.05) is 30.5 Å². The summed E-state index contributed by atoms with van der Waals surface area (Å²) >= 11 is 6.00. The van der Waals surface area contributed by atoms with Gasteiger partial charge in [0.25, 0.3) is 5.91 Å². The summed E-state index contributed by atoms with van der Waals surface area (Å²) < 4.78 is 0. The zero-order valence-corrected chi connectivity index (χ0v) is 17.0. The molecule has 148 valence electrons. The molecule has 4 rings (SSSR count). The number of rotatable bonds is 2. The Bertz CT molecular complexity index is 706. The number of carbonyl (C=O) groups excluding carboxylic acids is 2. The van der Waals surface area contributed by atoms with Crippen molar-refractivity contribution in [2.24, 2.45) is 11.3 Å². The third-order valence-electron chi connectivity index (χ3n) is 6.39. The van der Waals surface area contributed by atoms with E-state index in [0.717, 1.165) is 32.4 Å². The predicted molar refractivity (Wildman–Crippen MR) is 108 cm³/mol. The van der Waals surface area contributed by atoms with E-state index in [1.54, 1.807) is 24.3 Å². The van der Waals surface area contributed by atoms with Gasteiger partial charge < -0.3 is 15.1 Å². The van der Waals surface area contributed by atoms with E-state index in [1.165, 1.54) is 6.42 Å². The third-order valence-corrected chi connectivity index (χ3v) is 6.62. The molecule has 0 radical (unpaired) electrons. The molecule has 1 saturated carbocycles. The van der Waals surface area contributed by atoms with Crippen LogP contribution in [0.1, 0.15) is 36.0 Å². The minimum absolute atomic E-state index is 0. The van der Waals surface area contributed by atoms with Crippen LogP contribution >= 0.6 is 24.0 Å². The van der Waals surface area contributed by atoms with Crippen molar-refractivity contribution in [1.29, 1.82) is 0 Å². The maximum absolute atomic E-state index is 13.3. The molecule has 1 N–H and O–H groups in total. The van der Waals surface area contributed by atoms with Crippen LogP contribution in [0.2, 0.25) is 5.02 Å². The van der Waals surface area contributed by atoms with Crippen molar-refractivity contribution in [2.45, 2.75) is 25.7 Å². The van der Waals surface area contributed by atoms with Crippen molar-refractivity contribution >= 4 is 35.8 Å². The zero-order chi connectivity index (χ0) is 18.1. The van der Waals surface area contributed by atoms with Gasteiger partial charge in [0, 0.05) is 43.3 Å². The zero-order valence-electron chi connectivity index (χ0n) is 15.5. The van der Waals surface area contributed by atoms with Crippen LogP contribution in [0.25, 0.3) is 0 Å². The van der Waals surface area contributed by atoms with Crippen molar-refractivity contribution in [3.05, 3.63) is 34.9 Å². The number of nitrogens with one attached hydrogen (secondary N) is 1. The summed E-state index contributed by atoms with van der Waals surface area (Å²) in [6.07, 6.45) is 4.55. The summed E-state index contributed by atoms with van der Waals surface area (Å²) in [5.41, 5.74) is 0.417. The van der Waals surface area contributed by atoms with E-state index in [0.29, 0.717) is 48.6 Å². The number of carbonyl (C=O) groups is 2. The molecule has 1 aromatic rings. The highest BCUT2D eigenvalue weighted by Gasteiger charge is 2.51. The molecule has 27 heavy (non-hydrogen) atoms. The lowest BCUT2D eigenvalue weighted by Gasteiger charge is -2.43. The highest BCUT2D eigenvalue weighted by molar-refractivity contribution is 6.30. The molecule has 3 aliphatic rings. The minimum atomic E-state index is -0.197. The summed E-state index contributed by atoms with van der Waals surface area (Å²) in [6.45, 7) is 4.22. The van der Waals surface area contributed by atoms with E-state index in [-0.39, 0.29) is 23.7 Å². The molecule has 3 fully saturated rings. The molecular formula is C20H27Cl2N3O2. The number of halogens is 2. The lowest BCUT2D eigenvalue weighted by atomic mass is 9.67. The van der Waals surface area contributed by atoms with E-state index >= 15 is 0 Å². The molecule has 0 aromatic heterocycles. The molecule has 2 heterocycles. The second kappa shape index (κ2) is 8.38. The smallest absolute Gasteiger partial charge is 0.254 e. The van der Waals surface area contributed by atoms with Crippen molar-refractivity contribution in [3.63, 3.8) is 0 Å². The molecule has 1 aliphatic carbocycles. The summed E-state index contributed by atoms with van der Waals surface area (Å²) in [4.78, 5) is 29.8. The molecule has 2 amide bonds. The number of fused-ring (bicyclic) bond motifs is 1. The van der Waals surface area contributed by atoms with Gasteiger partial charge >= 0.3 is 0 Å². The van der Waals surface area contributed by atoms with E-state index in [9.17, 15) is 9.59 Å². The van der Waals surface area contributed by atoms with Crippen LogP contribution < -0.4 is 5.32 Å². The molecule has 0 spiro atoms. The van der Waals surface area contributed by atoms with Crippen LogP contribution in [0.4, 0.5) is 0 Å². The molecular weight excluding hydrogens is 385 g/mol. The Kier molecular flexibility index (Phi) is 6.34. The fourth-order valence-corrected chi connectivity index (χ4v) is 5.09. The first-order valence-corrected chi connectivity index (χ1v) is 10.0. The molecule has 0 bridgehead atoms. The van der Waals surface area contributed by atoms with E-state index in [1.807, 2.05) is 9.80 Å². The van der Waals surface area contributed by atoms with Gasteiger partial charge in [-0.05, 0) is 43.5 Å².